The molecule has 0 spiro atoms. The van der Waals surface area contributed by atoms with Crippen LogP contribution >= 0.6 is 0 Å². The summed E-state index contributed by atoms with van der Waals surface area (Å²) in [6, 6.07) is 0. The summed E-state index contributed by atoms with van der Waals surface area (Å²) in [5.41, 5.74) is 0.00616. The number of amidine groups is 1. The maximum atomic E-state index is 12.0. The molecule has 1 aliphatic rings. The van der Waals surface area contributed by atoms with Gasteiger partial charge in [-0.2, -0.15) is 0 Å². The second kappa shape index (κ2) is 6.17. The smallest absolute Gasteiger partial charge is 0.321 e. The summed E-state index contributed by atoms with van der Waals surface area (Å²) in [5, 5.41) is 3.39. The van der Waals surface area contributed by atoms with Crippen molar-refractivity contribution < 1.29 is 4.99 Å². The predicted molar refractivity (Wildman–Crippen MR) is 82.9 cm³/mol. The van der Waals surface area contributed by atoms with Gasteiger partial charge < -0.3 is 4.57 Å². The highest BCUT2D eigenvalue weighted by molar-refractivity contribution is 5.76. The van der Waals surface area contributed by atoms with Crippen molar-refractivity contribution in [3.63, 3.8) is 0 Å². The Labute approximate surface area is 126 Å². The molecule has 0 bridgehead atoms. The van der Waals surface area contributed by atoms with Gasteiger partial charge in [0.25, 0.3) is 5.56 Å². The maximum Gasteiger partial charge on any atom is 0.329 e. The lowest BCUT2D eigenvalue weighted by Crippen LogP contribution is -2.75. The van der Waals surface area contributed by atoms with Crippen LogP contribution in [-0.2, 0) is 13.6 Å². The van der Waals surface area contributed by atoms with Crippen LogP contribution in [0, 0.1) is 0 Å². The summed E-state index contributed by atoms with van der Waals surface area (Å²) in [7, 11) is 1.60. The second-order valence-electron chi connectivity index (χ2n) is 5.57. The third-order valence-corrected chi connectivity index (χ3v) is 4.01. The number of nitrogens with one attached hydrogen (secondary N) is 3. The molecule has 0 atom stereocenters. The molecule has 0 amide bonds. The van der Waals surface area contributed by atoms with E-state index >= 15 is 0 Å². The molecule has 8 nitrogen and oxygen atoms in total. The summed E-state index contributed by atoms with van der Waals surface area (Å²) in [6.45, 7) is 2.33. The van der Waals surface area contributed by atoms with Crippen LogP contribution in [0.1, 0.15) is 25.7 Å². The van der Waals surface area contributed by atoms with E-state index in [-0.39, 0.29) is 0 Å². The number of hydrogen-bond acceptors (Lipinski definition) is 4. The molecule has 2 aromatic heterocycles. The molecule has 3 heterocycles. The minimum Gasteiger partial charge on any atom is -0.321 e. The van der Waals surface area contributed by atoms with Gasteiger partial charge in [0.15, 0.2) is 11.2 Å². The Bertz CT molecular complexity index is 813. The second-order valence-corrected chi connectivity index (χ2v) is 5.57. The summed E-state index contributed by atoms with van der Waals surface area (Å²) >= 11 is 0. The first-order valence-electron chi connectivity index (χ1n) is 7.64. The van der Waals surface area contributed by atoms with Crippen LogP contribution < -0.4 is 21.6 Å². The van der Waals surface area contributed by atoms with Crippen LogP contribution in [-0.4, -0.2) is 38.0 Å². The molecule has 0 unspecified atom stereocenters. The first-order chi connectivity index (χ1) is 10.7. The van der Waals surface area contributed by atoms with Gasteiger partial charge in [0.1, 0.15) is 6.54 Å². The van der Waals surface area contributed by atoms with E-state index in [0.29, 0.717) is 24.3 Å². The normalized spacial score (nSPS) is 15.6. The maximum absolute atomic E-state index is 12.0. The Balaban J connectivity index is 1.75. The minimum atomic E-state index is -0.445. The van der Waals surface area contributed by atoms with E-state index in [2.05, 4.69) is 20.3 Å². The van der Waals surface area contributed by atoms with Crippen molar-refractivity contribution in [1.82, 2.24) is 24.4 Å². The highest BCUT2D eigenvalue weighted by Crippen LogP contribution is 2.04. The zero-order valence-electron chi connectivity index (χ0n) is 12.7. The van der Waals surface area contributed by atoms with Gasteiger partial charge in [0, 0.05) is 13.5 Å². The van der Waals surface area contributed by atoms with Crippen LogP contribution in [0.2, 0.25) is 0 Å². The van der Waals surface area contributed by atoms with Crippen molar-refractivity contribution in [3.8, 4) is 0 Å². The van der Waals surface area contributed by atoms with Crippen molar-refractivity contribution in [1.29, 1.82) is 0 Å². The summed E-state index contributed by atoms with van der Waals surface area (Å²) in [6.07, 6.45) is 6.31. The third kappa shape index (κ3) is 2.81. The quantitative estimate of drug-likeness (QED) is 0.615. The largest absolute Gasteiger partial charge is 0.329 e. The van der Waals surface area contributed by atoms with Crippen molar-refractivity contribution in [2.45, 2.75) is 32.2 Å². The van der Waals surface area contributed by atoms with Crippen molar-refractivity contribution >= 4 is 17.0 Å². The topological polar surface area (TPSA) is 98.7 Å². The Morgan fingerprint density at radius 1 is 1.36 bits per heavy atom. The van der Waals surface area contributed by atoms with Crippen LogP contribution in [0.15, 0.2) is 15.9 Å². The van der Waals surface area contributed by atoms with Crippen LogP contribution in [0.5, 0.6) is 0 Å². The molecule has 0 fully saturated rings. The number of rotatable bonds is 3. The van der Waals surface area contributed by atoms with Crippen molar-refractivity contribution in [2.24, 2.45) is 7.05 Å². The fourth-order valence-electron chi connectivity index (χ4n) is 2.76. The van der Waals surface area contributed by atoms with Gasteiger partial charge in [0.2, 0.25) is 5.84 Å². The van der Waals surface area contributed by atoms with Gasteiger partial charge in [-0.15, -0.1) is 0 Å². The number of fused-ring (bicyclic) bond motifs is 1. The Morgan fingerprint density at radius 2 is 2.23 bits per heavy atom. The number of imidazole rings is 1. The van der Waals surface area contributed by atoms with Crippen LogP contribution in [0.4, 0.5) is 0 Å². The first kappa shape index (κ1) is 14.6. The SMILES string of the molecule is Cn1c(=O)[nH]c(=O)c2c1ncn2CCNC1=[NH+]CCCCC1. The number of aryl methyl sites for hydroxylation is 1. The van der Waals surface area contributed by atoms with Gasteiger partial charge in [0.05, 0.1) is 19.4 Å². The van der Waals surface area contributed by atoms with Gasteiger partial charge in [-0.3, -0.25) is 24.7 Å². The number of aromatic amines is 1. The van der Waals surface area contributed by atoms with E-state index in [1.165, 1.54) is 29.7 Å². The van der Waals surface area contributed by atoms with Crippen molar-refractivity contribution in [3.05, 3.63) is 27.2 Å². The number of aromatic nitrogens is 4. The molecule has 8 heteroatoms. The molecule has 2 aromatic rings. The Kier molecular flexibility index (Phi) is 4.08. The first-order valence-corrected chi connectivity index (χ1v) is 7.64. The Morgan fingerprint density at radius 3 is 3.09 bits per heavy atom. The lowest BCUT2D eigenvalue weighted by atomic mass is 10.2. The minimum absolute atomic E-state index is 0.393. The van der Waals surface area contributed by atoms with E-state index < -0.39 is 11.2 Å². The average molecular weight is 305 g/mol. The van der Waals surface area contributed by atoms with Gasteiger partial charge in [-0.25, -0.2) is 9.78 Å². The van der Waals surface area contributed by atoms with E-state index in [1.54, 1.807) is 17.9 Å². The molecule has 0 radical (unpaired) electrons. The average Bonchev–Trinajstić information content (AvgIpc) is 2.74. The lowest BCUT2D eigenvalue weighted by Gasteiger charge is -2.04. The molecule has 0 aromatic carbocycles. The highest BCUT2D eigenvalue weighted by atomic mass is 16.2. The molecule has 0 saturated carbocycles. The molecule has 3 rings (SSSR count). The lowest BCUT2D eigenvalue weighted by molar-refractivity contribution is -0.459. The van der Waals surface area contributed by atoms with Gasteiger partial charge in [-0.1, -0.05) is 0 Å². The molecule has 22 heavy (non-hydrogen) atoms. The third-order valence-electron chi connectivity index (χ3n) is 4.01. The number of hydrogen-bond donors (Lipinski definition) is 3. The zero-order chi connectivity index (χ0) is 15.5. The predicted octanol–water partition coefficient (Wildman–Crippen LogP) is -1.93. The number of H-pyrrole nitrogens is 1. The van der Waals surface area contributed by atoms with Gasteiger partial charge in [-0.05, 0) is 19.3 Å². The number of nitrogens with zero attached hydrogens (tertiary/aromatic N) is 3. The summed E-state index contributed by atoms with van der Waals surface area (Å²) in [4.78, 5) is 33.4. The molecular formula is C14H21N6O2+. The molecular weight excluding hydrogens is 284 g/mol. The standard InChI is InChI=1S/C14H20N6O2/c1-19-12-11(13(21)18-14(19)22)20(9-17-12)8-7-16-10-5-3-2-4-6-15-10/h9H,2-8H2,1H3,(H,15,16)(H,18,21,22)/p+1. The highest BCUT2D eigenvalue weighted by Gasteiger charge is 2.13. The fraction of sp³-hybridized carbons (Fsp3) is 0.571. The van der Waals surface area contributed by atoms with Crippen LogP contribution in [0.25, 0.3) is 11.2 Å². The van der Waals surface area contributed by atoms with Gasteiger partial charge >= 0.3 is 5.69 Å². The van der Waals surface area contributed by atoms with E-state index in [4.69, 9.17) is 0 Å². The monoisotopic (exact) mass is 305 g/mol. The van der Waals surface area contributed by atoms with Crippen molar-refractivity contribution in [2.75, 3.05) is 13.1 Å². The molecule has 1 aliphatic heterocycles. The summed E-state index contributed by atoms with van der Waals surface area (Å²) in [5.74, 6) is 1.17. The van der Waals surface area contributed by atoms with E-state index in [1.807, 2.05) is 0 Å². The zero-order valence-corrected chi connectivity index (χ0v) is 12.7. The summed E-state index contributed by atoms with van der Waals surface area (Å²) < 4.78 is 3.13. The van der Waals surface area contributed by atoms with E-state index in [0.717, 1.165) is 13.0 Å². The molecule has 0 aliphatic carbocycles. The molecule has 3 N–H and O–H groups in total. The fourth-order valence-corrected chi connectivity index (χ4v) is 2.76. The molecule has 118 valence electrons. The van der Waals surface area contributed by atoms with E-state index in [9.17, 15) is 9.59 Å². The Hall–Kier alpha value is -2.38. The van der Waals surface area contributed by atoms with Crippen LogP contribution in [0.3, 0.4) is 0 Å². The molecule has 0 saturated heterocycles.